The second-order valence-electron chi connectivity index (χ2n) is 8.97. The number of likely N-dealkylation sites (tertiary alicyclic amines) is 1. The molecule has 6 aromatic rings. The Morgan fingerprint density at radius 3 is 2.83 bits per heavy atom. The SMILES string of the molecule is Fc1c(-c2cncc(CN3CCCC3)c2)ncc2[nH]nc(-c3nc4c(-c5cccs5)ccnc4[nH]3)c12. The Kier molecular flexibility index (Phi) is 5.07. The third-order valence-electron chi connectivity index (χ3n) is 6.61. The van der Waals surface area contributed by atoms with E-state index in [9.17, 15) is 0 Å². The molecule has 7 heterocycles. The van der Waals surface area contributed by atoms with Crippen LogP contribution in [0.3, 0.4) is 0 Å². The van der Waals surface area contributed by atoms with E-state index in [1.54, 1.807) is 29.9 Å². The van der Waals surface area contributed by atoms with Gasteiger partial charge in [0.1, 0.15) is 16.9 Å². The van der Waals surface area contributed by atoms with Crippen molar-refractivity contribution in [1.82, 2.24) is 40.0 Å². The molecule has 7 rings (SSSR count). The van der Waals surface area contributed by atoms with Gasteiger partial charge in [-0.3, -0.25) is 20.0 Å². The van der Waals surface area contributed by atoms with Gasteiger partial charge in [0.05, 0.1) is 17.1 Å². The van der Waals surface area contributed by atoms with Crippen molar-refractivity contribution in [3.8, 4) is 33.2 Å². The minimum Gasteiger partial charge on any atom is -0.321 e. The van der Waals surface area contributed by atoms with E-state index >= 15 is 4.39 Å². The molecule has 0 unspecified atom stereocenters. The number of pyridine rings is 3. The first-order chi connectivity index (χ1) is 17.7. The molecule has 1 aliphatic rings. The Bertz CT molecular complexity index is 1700. The summed E-state index contributed by atoms with van der Waals surface area (Å²) in [7, 11) is 0. The monoisotopic (exact) mass is 496 g/mol. The quantitative estimate of drug-likeness (QED) is 0.331. The molecule has 1 saturated heterocycles. The molecule has 1 aliphatic heterocycles. The Hall–Kier alpha value is -4.02. The number of aromatic amines is 2. The predicted molar refractivity (Wildman–Crippen MR) is 138 cm³/mol. The van der Waals surface area contributed by atoms with Gasteiger partial charge in [0.25, 0.3) is 0 Å². The van der Waals surface area contributed by atoms with Crippen molar-refractivity contribution in [1.29, 1.82) is 0 Å². The standard InChI is InChI=1S/C26H21FN8S/c27-21-20-18(13-30-22(21)16-10-15(11-28-12-16)14-35-7-1-2-8-35)33-34-24(20)26-31-23-17(19-4-3-9-36-19)5-6-29-25(23)32-26/h3-6,9-13H,1-2,7-8,14H2,(H,33,34)(H,29,31,32). The lowest BCUT2D eigenvalue weighted by Crippen LogP contribution is -2.18. The number of nitrogens with one attached hydrogen (secondary N) is 2. The summed E-state index contributed by atoms with van der Waals surface area (Å²) in [6, 6.07) is 7.95. The van der Waals surface area contributed by atoms with Gasteiger partial charge < -0.3 is 4.98 Å². The van der Waals surface area contributed by atoms with E-state index in [4.69, 9.17) is 4.98 Å². The van der Waals surface area contributed by atoms with E-state index in [1.807, 2.05) is 35.8 Å². The summed E-state index contributed by atoms with van der Waals surface area (Å²) in [5, 5.41) is 9.65. The maximum absolute atomic E-state index is 16.0. The Labute approximate surface area is 209 Å². The molecule has 0 saturated carbocycles. The highest BCUT2D eigenvalue weighted by Crippen LogP contribution is 2.35. The first-order valence-corrected chi connectivity index (χ1v) is 12.7. The summed E-state index contributed by atoms with van der Waals surface area (Å²) in [6.07, 6.45) is 9.28. The van der Waals surface area contributed by atoms with E-state index in [1.165, 1.54) is 12.8 Å². The van der Waals surface area contributed by atoms with Crippen LogP contribution in [0.5, 0.6) is 0 Å². The third-order valence-corrected chi connectivity index (χ3v) is 7.52. The van der Waals surface area contributed by atoms with Gasteiger partial charge in [-0.05, 0) is 55.1 Å². The summed E-state index contributed by atoms with van der Waals surface area (Å²) in [4.78, 5) is 24.7. The van der Waals surface area contributed by atoms with Crippen LogP contribution in [0.4, 0.5) is 4.39 Å². The van der Waals surface area contributed by atoms with Crippen LogP contribution >= 0.6 is 11.3 Å². The Balaban J connectivity index is 1.32. The van der Waals surface area contributed by atoms with E-state index in [0.29, 0.717) is 33.6 Å². The molecule has 0 atom stereocenters. The molecular formula is C26H21FN8S. The van der Waals surface area contributed by atoms with E-state index in [-0.39, 0.29) is 5.69 Å². The number of thiophene rings is 1. The van der Waals surface area contributed by atoms with Gasteiger partial charge in [0.2, 0.25) is 0 Å². The van der Waals surface area contributed by atoms with Crippen LogP contribution in [-0.2, 0) is 6.54 Å². The van der Waals surface area contributed by atoms with Crippen LogP contribution in [0.2, 0.25) is 0 Å². The zero-order chi connectivity index (χ0) is 24.1. The fourth-order valence-electron chi connectivity index (χ4n) is 4.90. The predicted octanol–water partition coefficient (Wildman–Crippen LogP) is 5.42. The van der Waals surface area contributed by atoms with E-state index < -0.39 is 5.82 Å². The fourth-order valence-corrected chi connectivity index (χ4v) is 5.66. The lowest BCUT2D eigenvalue weighted by atomic mass is 10.1. The number of rotatable bonds is 5. The molecule has 1 fully saturated rings. The molecule has 0 radical (unpaired) electrons. The normalized spacial score (nSPS) is 14.4. The molecule has 178 valence electrons. The summed E-state index contributed by atoms with van der Waals surface area (Å²) in [5.74, 6) is -0.00650. The summed E-state index contributed by atoms with van der Waals surface area (Å²) < 4.78 is 16.0. The smallest absolute Gasteiger partial charge is 0.161 e. The Morgan fingerprint density at radius 1 is 1.06 bits per heavy atom. The number of hydrogen-bond acceptors (Lipinski definition) is 7. The third kappa shape index (κ3) is 3.57. The number of nitrogens with zero attached hydrogens (tertiary/aromatic N) is 6. The van der Waals surface area contributed by atoms with Gasteiger partial charge in [0, 0.05) is 41.1 Å². The van der Waals surface area contributed by atoms with Gasteiger partial charge in [0.15, 0.2) is 17.3 Å². The van der Waals surface area contributed by atoms with E-state index in [0.717, 1.165) is 41.2 Å². The summed E-state index contributed by atoms with van der Waals surface area (Å²) >= 11 is 1.63. The highest BCUT2D eigenvalue weighted by Gasteiger charge is 2.22. The average molecular weight is 497 g/mol. The number of imidazole rings is 1. The molecule has 0 bridgehead atoms. The number of halogens is 1. The van der Waals surface area contributed by atoms with Gasteiger partial charge in [-0.2, -0.15) is 5.10 Å². The van der Waals surface area contributed by atoms with Crippen LogP contribution in [0.1, 0.15) is 18.4 Å². The van der Waals surface area contributed by atoms with Gasteiger partial charge in [-0.15, -0.1) is 11.3 Å². The highest BCUT2D eigenvalue weighted by atomic mass is 32.1. The van der Waals surface area contributed by atoms with Crippen molar-refractivity contribution in [2.75, 3.05) is 13.1 Å². The minimum atomic E-state index is -0.455. The molecule has 10 heteroatoms. The molecule has 0 amide bonds. The van der Waals surface area contributed by atoms with Gasteiger partial charge >= 0.3 is 0 Å². The minimum absolute atomic E-state index is 0.245. The van der Waals surface area contributed by atoms with Crippen LogP contribution in [0, 0.1) is 5.82 Å². The second-order valence-corrected chi connectivity index (χ2v) is 9.91. The average Bonchev–Trinajstić information content (AvgIpc) is 3.70. The number of hydrogen-bond donors (Lipinski definition) is 2. The van der Waals surface area contributed by atoms with Crippen molar-refractivity contribution in [3.05, 3.63) is 65.8 Å². The van der Waals surface area contributed by atoms with Crippen LogP contribution in [0.25, 0.3) is 55.3 Å². The van der Waals surface area contributed by atoms with Crippen molar-refractivity contribution in [2.45, 2.75) is 19.4 Å². The Morgan fingerprint density at radius 2 is 1.97 bits per heavy atom. The maximum atomic E-state index is 16.0. The first kappa shape index (κ1) is 21.3. The van der Waals surface area contributed by atoms with Gasteiger partial charge in [-0.25, -0.2) is 14.4 Å². The van der Waals surface area contributed by atoms with Crippen LogP contribution in [0.15, 0.2) is 54.4 Å². The number of H-pyrrole nitrogens is 2. The first-order valence-electron chi connectivity index (χ1n) is 11.8. The fraction of sp³-hybridized carbons (Fsp3) is 0.192. The lowest BCUT2D eigenvalue weighted by molar-refractivity contribution is 0.331. The molecular weight excluding hydrogens is 475 g/mol. The van der Waals surface area contributed by atoms with Crippen molar-refractivity contribution in [2.24, 2.45) is 0 Å². The van der Waals surface area contributed by atoms with E-state index in [2.05, 4.69) is 35.0 Å². The zero-order valence-corrected chi connectivity index (χ0v) is 20.0. The van der Waals surface area contributed by atoms with Crippen molar-refractivity contribution in [3.63, 3.8) is 0 Å². The molecule has 8 nitrogen and oxygen atoms in total. The molecule has 2 N–H and O–H groups in total. The molecule has 0 aliphatic carbocycles. The molecule has 0 aromatic carbocycles. The van der Waals surface area contributed by atoms with Gasteiger partial charge in [-0.1, -0.05) is 6.07 Å². The zero-order valence-electron chi connectivity index (χ0n) is 19.2. The topological polar surface area (TPSA) is 99.3 Å². The largest absolute Gasteiger partial charge is 0.321 e. The number of fused-ring (bicyclic) bond motifs is 2. The van der Waals surface area contributed by atoms with Crippen LogP contribution < -0.4 is 0 Å². The lowest BCUT2D eigenvalue weighted by Gasteiger charge is -2.14. The highest BCUT2D eigenvalue weighted by molar-refractivity contribution is 7.13. The molecule has 36 heavy (non-hydrogen) atoms. The summed E-state index contributed by atoms with van der Waals surface area (Å²) in [5.41, 5.74) is 5.15. The van der Waals surface area contributed by atoms with Crippen LogP contribution in [-0.4, -0.2) is 53.1 Å². The second kappa shape index (κ2) is 8.58. The maximum Gasteiger partial charge on any atom is 0.161 e. The summed E-state index contributed by atoms with van der Waals surface area (Å²) in [6.45, 7) is 2.98. The molecule has 0 spiro atoms. The van der Waals surface area contributed by atoms with Crippen molar-refractivity contribution < 1.29 is 4.39 Å². The molecule has 6 aromatic heterocycles. The number of aromatic nitrogens is 7. The van der Waals surface area contributed by atoms with Crippen molar-refractivity contribution >= 4 is 33.4 Å².